The van der Waals surface area contributed by atoms with E-state index in [-0.39, 0.29) is 11.8 Å². The number of carbonyl (C=O) groups is 2. The number of para-hydroxylation sites is 1. The van der Waals surface area contributed by atoms with Gasteiger partial charge in [0.1, 0.15) is 11.6 Å². The Morgan fingerprint density at radius 2 is 1.59 bits per heavy atom. The Kier molecular flexibility index (Phi) is 6.86. The second-order valence-electron chi connectivity index (χ2n) is 7.36. The van der Waals surface area contributed by atoms with E-state index >= 15 is 0 Å². The van der Waals surface area contributed by atoms with Crippen molar-refractivity contribution in [1.29, 1.82) is 0 Å². The molecular formula is C23H27FN2O3. The SMILES string of the molecule is Cc1cccc(C)c1OCCCC(=O)N1CCN(C(=O)c2cccc(F)c2)CC1. The summed E-state index contributed by atoms with van der Waals surface area (Å²) in [5, 5.41) is 0. The topological polar surface area (TPSA) is 49.9 Å². The summed E-state index contributed by atoms with van der Waals surface area (Å²) in [5.41, 5.74) is 2.53. The summed E-state index contributed by atoms with van der Waals surface area (Å²) in [4.78, 5) is 28.4. The highest BCUT2D eigenvalue weighted by Gasteiger charge is 2.24. The molecule has 1 aliphatic rings. The summed E-state index contributed by atoms with van der Waals surface area (Å²) in [6.45, 7) is 6.43. The molecule has 3 rings (SSSR count). The Morgan fingerprint density at radius 3 is 2.24 bits per heavy atom. The maximum atomic E-state index is 13.3. The fourth-order valence-electron chi connectivity index (χ4n) is 3.55. The number of benzene rings is 2. The van der Waals surface area contributed by atoms with E-state index < -0.39 is 5.82 Å². The van der Waals surface area contributed by atoms with Crippen LogP contribution in [0.3, 0.4) is 0 Å². The molecule has 154 valence electrons. The zero-order valence-electron chi connectivity index (χ0n) is 17.0. The normalized spacial score (nSPS) is 14.0. The van der Waals surface area contributed by atoms with Crippen LogP contribution < -0.4 is 4.74 Å². The second-order valence-corrected chi connectivity index (χ2v) is 7.36. The van der Waals surface area contributed by atoms with E-state index in [1.54, 1.807) is 15.9 Å². The largest absolute Gasteiger partial charge is 0.493 e. The van der Waals surface area contributed by atoms with Crippen molar-refractivity contribution in [2.24, 2.45) is 0 Å². The minimum absolute atomic E-state index is 0.0768. The quantitative estimate of drug-likeness (QED) is 0.699. The molecule has 2 amide bonds. The van der Waals surface area contributed by atoms with Crippen LogP contribution in [-0.2, 0) is 4.79 Å². The van der Waals surface area contributed by atoms with Gasteiger partial charge in [-0.1, -0.05) is 24.3 Å². The fraction of sp³-hybridized carbons (Fsp3) is 0.391. The maximum Gasteiger partial charge on any atom is 0.254 e. The molecule has 1 saturated heterocycles. The third kappa shape index (κ3) is 5.34. The number of amides is 2. The number of aryl methyl sites for hydroxylation is 2. The lowest BCUT2D eigenvalue weighted by molar-refractivity contribution is -0.132. The van der Waals surface area contributed by atoms with Crippen LogP contribution in [0.4, 0.5) is 4.39 Å². The first-order chi connectivity index (χ1) is 14.0. The van der Waals surface area contributed by atoms with Crippen molar-refractivity contribution in [3.8, 4) is 5.75 Å². The van der Waals surface area contributed by atoms with Crippen molar-refractivity contribution in [2.75, 3.05) is 32.8 Å². The molecule has 0 saturated carbocycles. The van der Waals surface area contributed by atoms with Crippen molar-refractivity contribution in [3.05, 3.63) is 65.0 Å². The first-order valence-corrected chi connectivity index (χ1v) is 9.97. The summed E-state index contributed by atoms with van der Waals surface area (Å²) in [5.74, 6) is 0.351. The molecule has 29 heavy (non-hydrogen) atoms. The molecular weight excluding hydrogens is 371 g/mol. The Morgan fingerprint density at radius 1 is 0.966 bits per heavy atom. The Bertz CT molecular complexity index is 856. The molecule has 1 aliphatic heterocycles. The smallest absolute Gasteiger partial charge is 0.254 e. The molecule has 0 bridgehead atoms. The Balaban J connectivity index is 1.41. The molecule has 0 radical (unpaired) electrons. The predicted octanol–water partition coefficient (Wildman–Crippen LogP) is 3.59. The van der Waals surface area contributed by atoms with E-state index in [9.17, 15) is 14.0 Å². The van der Waals surface area contributed by atoms with Gasteiger partial charge in [0.15, 0.2) is 0 Å². The lowest BCUT2D eigenvalue weighted by atomic mass is 10.1. The van der Waals surface area contributed by atoms with Gasteiger partial charge >= 0.3 is 0 Å². The summed E-state index contributed by atoms with van der Waals surface area (Å²) < 4.78 is 19.2. The van der Waals surface area contributed by atoms with E-state index in [1.165, 1.54) is 18.2 Å². The first-order valence-electron chi connectivity index (χ1n) is 9.97. The van der Waals surface area contributed by atoms with Crippen molar-refractivity contribution in [3.63, 3.8) is 0 Å². The monoisotopic (exact) mass is 398 g/mol. The summed E-state index contributed by atoms with van der Waals surface area (Å²) in [6.07, 6.45) is 1.07. The second kappa shape index (κ2) is 9.54. The minimum Gasteiger partial charge on any atom is -0.493 e. The molecule has 2 aromatic carbocycles. The highest BCUT2D eigenvalue weighted by Crippen LogP contribution is 2.22. The number of rotatable bonds is 6. The van der Waals surface area contributed by atoms with E-state index in [4.69, 9.17) is 4.74 Å². The van der Waals surface area contributed by atoms with E-state index in [1.807, 2.05) is 32.0 Å². The van der Waals surface area contributed by atoms with Gasteiger partial charge in [-0.15, -0.1) is 0 Å². The van der Waals surface area contributed by atoms with Crippen LogP contribution in [0, 0.1) is 19.7 Å². The van der Waals surface area contributed by atoms with Crippen LogP contribution in [-0.4, -0.2) is 54.4 Å². The number of carbonyl (C=O) groups excluding carboxylic acids is 2. The average molecular weight is 398 g/mol. The number of hydrogen-bond donors (Lipinski definition) is 0. The molecule has 0 spiro atoms. The maximum absolute atomic E-state index is 13.3. The highest BCUT2D eigenvalue weighted by molar-refractivity contribution is 5.94. The predicted molar refractivity (Wildman–Crippen MR) is 110 cm³/mol. The molecule has 1 heterocycles. The fourth-order valence-corrected chi connectivity index (χ4v) is 3.55. The van der Waals surface area contributed by atoms with Gasteiger partial charge < -0.3 is 14.5 Å². The van der Waals surface area contributed by atoms with Crippen LogP contribution in [0.1, 0.15) is 34.3 Å². The van der Waals surface area contributed by atoms with E-state index in [0.29, 0.717) is 51.2 Å². The Hall–Kier alpha value is -2.89. The van der Waals surface area contributed by atoms with Gasteiger partial charge in [-0.25, -0.2) is 4.39 Å². The third-order valence-corrected chi connectivity index (χ3v) is 5.18. The lowest BCUT2D eigenvalue weighted by Gasteiger charge is -2.35. The van der Waals surface area contributed by atoms with Gasteiger partial charge in [0, 0.05) is 38.2 Å². The molecule has 0 aliphatic carbocycles. The summed E-state index contributed by atoms with van der Waals surface area (Å²) in [7, 11) is 0. The lowest BCUT2D eigenvalue weighted by Crippen LogP contribution is -2.50. The molecule has 6 heteroatoms. The summed E-state index contributed by atoms with van der Waals surface area (Å²) >= 11 is 0. The van der Waals surface area contributed by atoms with Gasteiger partial charge in [-0.05, 0) is 49.6 Å². The molecule has 0 aromatic heterocycles. The van der Waals surface area contributed by atoms with E-state index in [2.05, 4.69) is 0 Å². The van der Waals surface area contributed by atoms with Gasteiger partial charge in [-0.3, -0.25) is 9.59 Å². The molecule has 0 unspecified atom stereocenters. The summed E-state index contributed by atoms with van der Waals surface area (Å²) in [6, 6.07) is 11.7. The zero-order valence-corrected chi connectivity index (χ0v) is 17.0. The Labute approximate surface area is 171 Å². The molecule has 0 N–H and O–H groups in total. The highest BCUT2D eigenvalue weighted by atomic mass is 19.1. The first kappa shape index (κ1) is 20.8. The molecule has 5 nitrogen and oxygen atoms in total. The standard InChI is InChI=1S/C23H27FN2O3/c1-17-6-3-7-18(2)22(17)29-15-5-10-21(27)25-11-13-26(14-12-25)23(28)19-8-4-9-20(24)16-19/h3-4,6-9,16H,5,10-15H2,1-2H3. The van der Waals surface area contributed by atoms with Crippen molar-refractivity contribution < 1.29 is 18.7 Å². The van der Waals surface area contributed by atoms with Crippen molar-refractivity contribution in [1.82, 2.24) is 9.80 Å². The molecule has 0 atom stereocenters. The van der Waals surface area contributed by atoms with Gasteiger partial charge in [0.2, 0.25) is 5.91 Å². The van der Waals surface area contributed by atoms with Crippen LogP contribution >= 0.6 is 0 Å². The number of piperazine rings is 1. The number of halogens is 1. The third-order valence-electron chi connectivity index (χ3n) is 5.18. The molecule has 1 fully saturated rings. The zero-order chi connectivity index (χ0) is 20.8. The number of hydrogen-bond acceptors (Lipinski definition) is 3. The van der Waals surface area contributed by atoms with Crippen LogP contribution in [0.2, 0.25) is 0 Å². The van der Waals surface area contributed by atoms with Crippen LogP contribution in [0.25, 0.3) is 0 Å². The van der Waals surface area contributed by atoms with Crippen molar-refractivity contribution >= 4 is 11.8 Å². The van der Waals surface area contributed by atoms with Crippen LogP contribution in [0.15, 0.2) is 42.5 Å². The van der Waals surface area contributed by atoms with Gasteiger partial charge in [0.05, 0.1) is 6.61 Å². The van der Waals surface area contributed by atoms with E-state index in [0.717, 1.165) is 16.9 Å². The molecule has 2 aromatic rings. The van der Waals surface area contributed by atoms with Crippen LogP contribution in [0.5, 0.6) is 5.75 Å². The minimum atomic E-state index is -0.423. The van der Waals surface area contributed by atoms with Crippen molar-refractivity contribution in [2.45, 2.75) is 26.7 Å². The van der Waals surface area contributed by atoms with Gasteiger partial charge in [0.25, 0.3) is 5.91 Å². The van der Waals surface area contributed by atoms with Gasteiger partial charge in [-0.2, -0.15) is 0 Å². The number of ether oxygens (including phenoxy) is 1. The average Bonchev–Trinajstić information content (AvgIpc) is 2.72. The number of nitrogens with zero attached hydrogens (tertiary/aromatic N) is 2.